The molecule has 1 heterocycles. The summed E-state index contributed by atoms with van der Waals surface area (Å²) >= 11 is 3.37. The highest BCUT2D eigenvalue weighted by Gasteiger charge is 2.12. The number of nitrogens with one attached hydrogen (secondary N) is 2. The molecule has 1 aromatic rings. The number of halogens is 1. The Labute approximate surface area is 110 Å². The van der Waals surface area contributed by atoms with E-state index in [1.807, 2.05) is 26.8 Å². The number of carbonyl (C=O) groups is 1. The van der Waals surface area contributed by atoms with Crippen LogP contribution in [0.4, 0.5) is 5.82 Å². The lowest BCUT2D eigenvalue weighted by Crippen LogP contribution is -2.30. The Morgan fingerprint density at radius 3 is 2.88 bits per heavy atom. The number of aryl methyl sites for hydroxylation is 1. The highest BCUT2D eigenvalue weighted by atomic mass is 79.9. The summed E-state index contributed by atoms with van der Waals surface area (Å²) in [7, 11) is 0. The summed E-state index contributed by atoms with van der Waals surface area (Å²) in [6.45, 7) is 7.42. The molecule has 4 nitrogen and oxygen atoms in total. The monoisotopic (exact) mass is 299 g/mol. The van der Waals surface area contributed by atoms with Crippen molar-refractivity contribution in [2.75, 3.05) is 18.4 Å². The second-order valence-electron chi connectivity index (χ2n) is 4.02. The van der Waals surface area contributed by atoms with Gasteiger partial charge < -0.3 is 10.6 Å². The molecule has 1 amide bonds. The van der Waals surface area contributed by atoms with Crippen molar-refractivity contribution in [3.05, 3.63) is 22.3 Å². The van der Waals surface area contributed by atoms with Crippen LogP contribution in [0.3, 0.4) is 0 Å². The number of carbonyl (C=O) groups excluding carboxylic acids is 1. The zero-order chi connectivity index (χ0) is 12.8. The summed E-state index contributed by atoms with van der Waals surface area (Å²) in [5.41, 5.74) is 1.05. The molecule has 0 saturated heterocycles. The minimum atomic E-state index is -0.0688. The van der Waals surface area contributed by atoms with Gasteiger partial charge in [-0.25, -0.2) is 4.98 Å². The van der Waals surface area contributed by atoms with E-state index in [4.69, 9.17) is 0 Å². The van der Waals surface area contributed by atoms with E-state index in [0.717, 1.165) is 16.6 Å². The van der Waals surface area contributed by atoms with Crippen molar-refractivity contribution in [3.8, 4) is 0 Å². The van der Waals surface area contributed by atoms with E-state index in [-0.39, 0.29) is 11.8 Å². The second kappa shape index (κ2) is 6.71. The molecule has 1 aromatic heterocycles. The van der Waals surface area contributed by atoms with Crippen LogP contribution in [0.5, 0.6) is 0 Å². The molecule has 0 radical (unpaired) electrons. The molecule has 17 heavy (non-hydrogen) atoms. The first-order valence-corrected chi connectivity index (χ1v) is 6.47. The molecule has 0 aliphatic carbocycles. The number of pyridine rings is 1. The third-order valence-corrected chi connectivity index (χ3v) is 3.28. The van der Waals surface area contributed by atoms with Crippen LogP contribution in [-0.2, 0) is 4.79 Å². The fraction of sp³-hybridized carbons (Fsp3) is 0.500. The molecule has 1 rings (SSSR count). The predicted molar refractivity (Wildman–Crippen MR) is 73.0 cm³/mol. The zero-order valence-corrected chi connectivity index (χ0v) is 12.0. The molecule has 0 bridgehead atoms. The number of amides is 1. The third kappa shape index (κ3) is 4.44. The molecular weight excluding hydrogens is 282 g/mol. The molecule has 0 aliphatic rings. The van der Waals surface area contributed by atoms with Crippen LogP contribution in [0.1, 0.15) is 19.4 Å². The van der Waals surface area contributed by atoms with Crippen molar-refractivity contribution in [1.82, 2.24) is 10.3 Å². The minimum absolute atomic E-state index is 0.0137. The number of rotatable bonds is 5. The molecule has 94 valence electrons. The average Bonchev–Trinajstić information content (AvgIpc) is 2.30. The van der Waals surface area contributed by atoms with E-state index < -0.39 is 0 Å². The summed E-state index contributed by atoms with van der Waals surface area (Å²) in [5.74, 6) is 0.514. The lowest BCUT2D eigenvalue weighted by Gasteiger charge is -2.12. The van der Waals surface area contributed by atoms with Crippen LogP contribution in [0, 0.1) is 12.8 Å². The van der Waals surface area contributed by atoms with Gasteiger partial charge >= 0.3 is 0 Å². The summed E-state index contributed by atoms with van der Waals surface area (Å²) in [6, 6.07) is 1.85. The van der Waals surface area contributed by atoms with E-state index in [2.05, 4.69) is 31.5 Å². The SMILES string of the molecule is CCNCC(C)C(=O)Nc1cc(C)c(Br)cn1. The molecule has 2 N–H and O–H groups in total. The quantitative estimate of drug-likeness (QED) is 0.877. The molecule has 1 unspecified atom stereocenters. The Kier molecular flexibility index (Phi) is 5.58. The third-order valence-electron chi connectivity index (χ3n) is 2.45. The van der Waals surface area contributed by atoms with Crippen LogP contribution in [-0.4, -0.2) is 24.0 Å². The number of hydrogen-bond donors (Lipinski definition) is 2. The van der Waals surface area contributed by atoms with E-state index in [9.17, 15) is 4.79 Å². The standard InChI is InChI=1S/C12H18BrN3O/c1-4-14-6-9(3)12(17)16-11-5-8(2)10(13)7-15-11/h5,7,9,14H,4,6H2,1-3H3,(H,15,16,17). The fourth-order valence-electron chi connectivity index (χ4n) is 1.31. The summed E-state index contributed by atoms with van der Waals surface area (Å²) in [6.07, 6.45) is 1.69. The molecule has 0 saturated carbocycles. The molecule has 0 aliphatic heterocycles. The lowest BCUT2D eigenvalue weighted by atomic mass is 10.1. The smallest absolute Gasteiger partial charge is 0.229 e. The van der Waals surface area contributed by atoms with Gasteiger partial charge in [0.2, 0.25) is 5.91 Å². The topological polar surface area (TPSA) is 54.0 Å². The molecule has 5 heteroatoms. The van der Waals surface area contributed by atoms with Gasteiger partial charge in [-0.15, -0.1) is 0 Å². The Bertz CT molecular complexity index is 395. The molecule has 0 aromatic carbocycles. The van der Waals surface area contributed by atoms with Gasteiger partial charge in [0.05, 0.1) is 0 Å². The Hall–Kier alpha value is -0.940. The summed E-state index contributed by atoms with van der Waals surface area (Å²) in [5, 5.41) is 5.95. The maximum atomic E-state index is 11.8. The van der Waals surface area contributed by atoms with Crippen molar-refractivity contribution in [2.24, 2.45) is 5.92 Å². The molecular formula is C12H18BrN3O. The first-order valence-electron chi connectivity index (χ1n) is 5.68. The van der Waals surface area contributed by atoms with Gasteiger partial charge in [0.1, 0.15) is 5.82 Å². The van der Waals surface area contributed by atoms with Crippen LogP contribution >= 0.6 is 15.9 Å². The normalized spacial score (nSPS) is 12.2. The lowest BCUT2D eigenvalue weighted by molar-refractivity contribution is -0.119. The van der Waals surface area contributed by atoms with Crippen LogP contribution in [0.2, 0.25) is 0 Å². The van der Waals surface area contributed by atoms with E-state index >= 15 is 0 Å². The minimum Gasteiger partial charge on any atom is -0.316 e. The van der Waals surface area contributed by atoms with Crippen molar-refractivity contribution < 1.29 is 4.79 Å². The molecule has 0 fully saturated rings. The van der Waals surface area contributed by atoms with E-state index in [1.165, 1.54) is 0 Å². The average molecular weight is 300 g/mol. The molecule has 1 atom stereocenters. The maximum absolute atomic E-state index is 11.8. The van der Waals surface area contributed by atoms with Gasteiger partial charge in [0.15, 0.2) is 0 Å². The Morgan fingerprint density at radius 2 is 2.29 bits per heavy atom. The van der Waals surface area contributed by atoms with Crippen LogP contribution < -0.4 is 10.6 Å². The van der Waals surface area contributed by atoms with Gasteiger partial charge in [0.25, 0.3) is 0 Å². The first kappa shape index (κ1) is 14.1. The molecule has 0 spiro atoms. The maximum Gasteiger partial charge on any atom is 0.229 e. The zero-order valence-electron chi connectivity index (χ0n) is 10.4. The van der Waals surface area contributed by atoms with Gasteiger partial charge in [-0.3, -0.25) is 4.79 Å². The van der Waals surface area contributed by atoms with Gasteiger partial charge in [0, 0.05) is 23.1 Å². The largest absolute Gasteiger partial charge is 0.316 e. The summed E-state index contributed by atoms with van der Waals surface area (Å²) < 4.78 is 0.941. The van der Waals surface area contributed by atoms with Crippen molar-refractivity contribution in [3.63, 3.8) is 0 Å². The number of anilines is 1. The number of hydrogen-bond acceptors (Lipinski definition) is 3. The van der Waals surface area contributed by atoms with Crippen LogP contribution in [0.15, 0.2) is 16.7 Å². The fourth-order valence-corrected chi connectivity index (χ4v) is 1.53. The first-order chi connectivity index (χ1) is 8.04. The van der Waals surface area contributed by atoms with E-state index in [0.29, 0.717) is 12.4 Å². The highest BCUT2D eigenvalue weighted by molar-refractivity contribution is 9.10. The van der Waals surface area contributed by atoms with Crippen molar-refractivity contribution >= 4 is 27.7 Å². The Balaban J connectivity index is 2.58. The van der Waals surface area contributed by atoms with Gasteiger partial charge in [-0.05, 0) is 41.0 Å². The second-order valence-corrected chi connectivity index (χ2v) is 4.87. The Morgan fingerprint density at radius 1 is 1.59 bits per heavy atom. The van der Waals surface area contributed by atoms with Crippen molar-refractivity contribution in [2.45, 2.75) is 20.8 Å². The highest BCUT2D eigenvalue weighted by Crippen LogP contribution is 2.17. The number of aromatic nitrogens is 1. The predicted octanol–water partition coefficient (Wildman–Crippen LogP) is 2.34. The van der Waals surface area contributed by atoms with E-state index in [1.54, 1.807) is 6.20 Å². The summed E-state index contributed by atoms with van der Waals surface area (Å²) in [4.78, 5) is 16.0. The van der Waals surface area contributed by atoms with Gasteiger partial charge in [-0.1, -0.05) is 13.8 Å². The van der Waals surface area contributed by atoms with Crippen molar-refractivity contribution in [1.29, 1.82) is 0 Å². The van der Waals surface area contributed by atoms with Gasteiger partial charge in [-0.2, -0.15) is 0 Å². The number of nitrogens with zero attached hydrogens (tertiary/aromatic N) is 1. The van der Waals surface area contributed by atoms with Crippen LogP contribution in [0.25, 0.3) is 0 Å².